The zero-order valence-electron chi connectivity index (χ0n) is 27.7. The fourth-order valence-corrected chi connectivity index (χ4v) is 5.84. The number of carbonyl (C=O) groups is 4. The number of amides is 4. The topological polar surface area (TPSA) is 182 Å². The lowest BCUT2D eigenvalue weighted by molar-refractivity contribution is -0.133. The maximum Gasteiger partial charge on any atom is 0.243 e. The molecular formula is C38H44Cl2N6O4. The molecule has 12 heteroatoms. The lowest BCUT2D eigenvalue weighted by atomic mass is 9.99. The molecule has 0 aliphatic heterocycles. The Morgan fingerprint density at radius 3 is 1.78 bits per heavy atom. The number of primary amides is 1. The van der Waals surface area contributed by atoms with Gasteiger partial charge in [0.25, 0.3) is 0 Å². The van der Waals surface area contributed by atoms with Crippen molar-refractivity contribution in [2.75, 3.05) is 6.54 Å². The summed E-state index contributed by atoms with van der Waals surface area (Å²) in [6.45, 7) is 0.480. The molecule has 0 spiro atoms. The highest BCUT2D eigenvalue weighted by atomic mass is 35.5. The highest BCUT2D eigenvalue weighted by Crippen LogP contribution is 2.18. The van der Waals surface area contributed by atoms with Crippen molar-refractivity contribution in [1.29, 1.82) is 0 Å². The molecule has 0 saturated heterocycles. The van der Waals surface area contributed by atoms with E-state index in [1.807, 2.05) is 54.6 Å². The number of aryl methyl sites for hydroxylation is 1. The first-order valence-electron chi connectivity index (χ1n) is 16.6. The molecule has 4 aromatic rings. The highest BCUT2D eigenvalue weighted by Gasteiger charge is 2.30. The number of hydrogen-bond acceptors (Lipinski definition) is 6. The average molecular weight is 720 g/mol. The minimum Gasteiger partial charge on any atom is -0.368 e. The summed E-state index contributed by atoms with van der Waals surface area (Å²) in [6.07, 6.45) is 2.63. The van der Waals surface area contributed by atoms with Gasteiger partial charge in [-0.05, 0) is 84.0 Å². The summed E-state index contributed by atoms with van der Waals surface area (Å²) >= 11 is 12.1. The van der Waals surface area contributed by atoms with Gasteiger partial charge in [0.05, 0.1) is 6.04 Å². The quantitative estimate of drug-likeness (QED) is 0.0847. The molecule has 4 rings (SSSR count). The molecule has 10 nitrogen and oxygen atoms in total. The number of halogens is 2. The van der Waals surface area contributed by atoms with Crippen molar-refractivity contribution in [3.63, 3.8) is 0 Å². The molecule has 0 fully saturated rings. The van der Waals surface area contributed by atoms with Gasteiger partial charge in [-0.2, -0.15) is 0 Å². The van der Waals surface area contributed by atoms with Crippen molar-refractivity contribution in [2.24, 2.45) is 17.2 Å². The summed E-state index contributed by atoms with van der Waals surface area (Å²) in [4.78, 5) is 53.5. The predicted octanol–water partition coefficient (Wildman–Crippen LogP) is 3.96. The molecule has 0 aliphatic rings. The van der Waals surface area contributed by atoms with Gasteiger partial charge in [0, 0.05) is 22.9 Å². The number of nitrogens with one attached hydrogen (secondary N) is 3. The van der Waals surface area contributed by atoms with Crippen LogP contribution in [0.15, 0.2) is 91.0 Å². The SMILES string of the molecule is NCCCCC(N)C(=O)NC(Cc1ccc(Cl)cc1)C(=O)NC(CCc1ccc(Cl)cc1)C(=O)NC(Cc1ccc2ccccc2c1)C(N)=O. The third-order valence-corrected chi connectivity index (χ3v) is 8.98. The molecular weight excluding hydrogens is 675 g/mol. The van der Waals surface area contributed by atoms with Gasteiger partial charge in [0.15, 0.2) is 0 Å². The van der Waals surface area contributed by atoms with Crippen LogP contribution in [0, 0.1) is 0 Å². The molecule has 9 N–H and O–H groups in total. The van der Waals surface area contributed by atoms with Crippen molar-refractivity contribution in [2.45, 2.75) is 69.1 Å². The predicted molar refractivity (Wildman–Crippen MR) is 198 cm³/mol. The molecule has 4 atom stereocenters. The van der Waals surface area contributed by atoms with E-state index >= 15 is 0 Å². The fourth-order valence-electron chi connectivity index (χ4n) is 5.58. The first-order valence-corrected chi connectivity index (χ1v) is 17.4. The van der Waals surface area contributed by atoms with E-state index in [1.54, 1.807) is 36.4 Å². The van der Waals surface area contributed by atoms with Crippen LogP contribution in [0.25, 0.3) is 10.8 Å². The Bertz CT molecular complexity index is 1750. The number of rotatable bonds is 18. The Morgan fingerprint density at radius 1 is 0.600 bits per heavy atom. The third-order valence-electron chi connectivity index (χ3n) is 8.47. The van der Waals surface area contributed by atoms with Crippen LogP contribution in [-0.2, 0) is 38.4 Å². The fraction of sp³-hybridized carbons (Fsp3) is 0.316. The minimum absolute atomic E-state index is 0.113. The van der Waals surface area contributed by atoms with Crippen LogP contribution < -0.4 is 33.2 Å². The van der Waals surface area contributed by atoms with Gasteiger partial charge < -0.3 is 33.2 Å². The second-order valence-electron chi connectivity index (χ2n) is 12.4. The Hall–Kier alpha value is -4.48. The molecule has 0 aromatic heterocycles. The van der Waals surface area contributed by atoms with Gasteiger partial charge in [-0.1, -0.05) is 96.4 Å². The molecule has 0 bridgehead atoms. The van der Waals surface area contributed by atoms with Crippen molar-refractivity contribution in [3.8, 4) is 0 Å². The summed E-state index contributed by atoms with van der Waals surface area (Å²) in [5, 5.41) is 11.5. The van der Waals surface area contributed by atoms with Gasteiger partial charge in [0.1, 0.15) is 18.1 Å². The van der Waals surface area contributed by atoms with Gasteiger partial charge >= 0.3 is 0 Å². The van der Waals surface area contributed by atoms with E-state index in [9.17, 15) is 19.2 Å². The van der Waals surface area contributed by atoms with Crippen LogP contribution in [0.2, 0.25) is 10.0 Å². The van der Waals surface area contributed by atoms with Crippen LogP contribution in [0.3, 0.4) is 0 Å². The summed E-state index contributed by atoms with van der Waals surface area (Å²) in [6, 6.07) is 23.6. The monoisotopic (exact) mass is 718 g/mol. The molecule has 4 amide bonds. The van der Waals surface area contributed by atoms with E-state index < -0.39 is 47.8 Å². The van der Waals surface area contributed by atoms with Gasteiger partial charge in [-0.15, -0.1) is 0 Å². The average Bonchev–Trinajstić information content (AvgIpc) is 3.10. The maximum absolute atomic E-state index is 13.9. The normalized spacial score (nSPS) is 13.5. The van der Waals surface area contributed by atoms with Gasteiger partial charge in [0.2, 0.25) is 23.6 Å². The summed E-state index contributed by atoms with van der Waals surface area (Å²) in [7, 11) is 0. The Morgan fingerprint density at radius 2 is 1.14 bits per heavy atom. The Labute approximate surface area is 302 Å². The maximum atomic E-state index is 13.9. The standard InChI is InChI=1S/C38H44Cl2N6O4/c39-29-15-9-24(10-16-29)13-19-32(37(49)45-33(35(43)47)23-26-8-14-27-5-1-2-6-28(27)21-26)44-38(50)34(22-25-11-17-30(40)18-12-25)46-36(48)31(42)7-3-4-20-41/h1-2,5-6,8-12,14-18,21,31-34H,3-4,7,13,19-20,22-23,41-42H2,(H2,43,47)(H,44,50)(H,45,49)(H,46,48). The molecule has 0 heterocycles. The molecule has 0 aliphatic carbocycles. The van der Waals surface area contributed by atoms with E-state index in [-0.39, 0.29) is 19.3 Å². The van der Waals surface area contributed by atoms with E-state index in [0.717, 1.165) is 27.5 Å². The van der Waals surface area contributed by atoms with Crippen LogP contribution in [0.4, 0.5) is 0 Å². The minimum atomic E-state index is -1.08. The second-order valence-corrected chi connectivity index (χ2v) is 13.2. The van der Waals surface area contributed by atoms with Gasteiger partial charge in [-0.3, -0.25) is 19.2 Å². The second kappa shape index (κ2) is 19.1. The smallest absolute Gasteiger partial charge is 0.243 e. The molecule has 4 unspecified atom stereocenters. The van der Waals surface area contributed by atoms with Crippen LogP contribution >= 0.6 is 23.2 Å². The lowest BCUT2D eigenvalue weighted by Crippen LogP contribution is -2.58. The largest absolute Gasteiger partial charge is 0.368 e. The van der Waals surface area contributed by atoms with E-state index in [2.05, 4.69) is 16.0 Å². The van der Waals surface area contributed by atoms with E-state index in [0.29, 0.717) is 42.3 Å². The van der Waals surface area contributed by atoms with Crippen molar-refractivity contribution in [3.05, 3.63) is 118 Å². The summed E-state index contributed by atoms with van der Waals surface area (Å²) < 4.78 is 0. The molecule has 264 valence electrons. The van der Waals surface area contributed by atoms with Crippen LogP contribution in [0.1, 0.15) is 42.4 Å². The lowest BCUT2D eigenvalue weighted by Gasteiger charge is -2.26. The molecule has 0 radical (unpaired) electrons. The Kier molecular flexibility index (Phi) is 14.6. The summed E-state index contributed by atoms with van der Waals surface area (Å²) in [5.74, 6) is -2.40. The number of hydrogen-bond donors (Lipinski definition) is 6. The van der Waals surface area contributed by atoms with Crippen molar-refractivity contribution >= 4 is 57.6 Å². The van der Waals surface area contributed by atoms with E-state index in [1.165, 1.54) is 0 Å². The zero-order chi connectivity index (χ0) is 36.0. The third kappa shape index (κ3) is 11.8. The first kappa shape index (κ1) is 38.3. The van der Waals surface area contributed by atoms with Crippen LogP contribution in [0.5, 0.6) is 0 Å². The summed E-state index contributed by atoms with van der Waals surface area (Å²) in [5.41, 5.74) is 19.9. The van der Waals surface area contributed by atoms with Crippen molar-refractivity contribution < 1.29 is 19.2 Å². The van der Waals surface area contributed by atoms with E-state index in [4.69, 9.17) is 40.4 Å². The first-order chi connectivity index (χ1) is 24.0. The van der Waals surface area contributed by atoms with Crippen LogP contribution in [-0.4, -0.2) is 54.3 Å². The number of carbonyl (C=O) groups excluding carboxylic acids is 4. The van der Waals surface area contributed by atoms with Gasteiger partial charge in [-0.25, -0.2) is 0 Å². The molecule has 4 aromatic carbocycles. The molecule has 50 heavy (non-hydrogen) atoms. The number of fused-ring (bicyclic) bond motifs is 1. The highest BCUT2D eigenvalue weighted by molar-refractivity contribution is 6.30. The number of unbranched alkanes of at least 4 members (excludes halogenated alkanes) is 1. The Balaban J connectivity index is 1.55. The number of nitrogens with two attached hydrogens (primary N) is 3. The molecule has 0 saturated carbocycles. The van der Waals surface area contributed by atoms with Crippen molar-refractivity contribution in [1.82, 2.24) is 16.0 Å². The number of benzene rings is 4. The zero-order valence-corrected chi connectivity index (χ0v) is 29.3.